The first-order chi connectivity index (χ1) is 9.01. The summed E-state index contributed by atoms with van der Waals surface area (Å²) in [5, 5.41) is 19.9. The smallest absolute Gasteiger partial charge is 0.172 e. The summed E-state index contributed by atoms with van der Waals surface area (Å²) in [6.45, 7) is 4.37. The summed E-state index contributed by atoms with van der Waals surface area (Å²) in [5.41, 5.74) is 6.80. The number of hydrogen-bond donors (Lipinski definition) is 3. The van der Waals surface area contributed by atoms with Crippen LogP contribution in [0.15, 0.2) is 16.6 Å². The number of aromatic hydroxyl groups is 1. The number of halogens is 2. The molecule has 116 valence electrons. The van der Waals surface area contributed by atoms with E-state index in [-0.39, 0.29) is 18.2 Å². The maximum Gasteiger partial charge on any atom is 0.172 e. The molecule has 0 heterocycles. The third-order valence-corrected chi connectivity index (χ3v) is 3.61. The van der Waals surface area contributed by atoms with Crippen LogP contribution in [0, 0.1) is 0 Å². The maximum absolute atomic E-state index is 10.0. The first kappa shape index (κ1) is 19.5. The average molecular weight is 369 g/mol. The van der Waals surface area contributed by atoms with Crippen molar-refractivity contribution < 1.29 is 14.9 Å². The van der Waals surface area contributed by atoms with Crippen LogP contribution in [0.2, 0.25) is 0 Å². The molecule has 0 bridgehead atoms. The van der Waals surface area contributed by atoms with Crippen molar-refractivity contribution in [3.05, 3.63) is 22.2 Å². The summed E-state index contributed by atoms with van der Waals surface area (Å²) in [7, 11) is 0. The van der Waals surface area contributed by atoms with Gasteiger partial charge in [-0.25, -0.2) is 0 Å². The molecule has 1 rings (SSSR count). The maximum atomic E-state index is 10.0. The molecule has 0 amide bonds. The van der Waals surface area contributed by atoms with Gasteiger partial charge in [-0.15, -0.1) is 12.4 Å². The monoisotopic (exact) mass is 367 g/mol. The highest BCUT2D eigenvalue weighted by atomic mass is 79.9. The molecule has 0 fully saturated rings. The van der Waals surface area contributed by atoms with Gasteiger partial charge in [0.05, 0.1) is 23.2 Å². The van der Waals surface area contributed by atoms with Crippen LogP contribution in [0.3, 0.4) is 0 Å². The van der Waals surface area contributed by atoms with E-state index in [2.05, 4.69) is 22.9 Å². The average Bonchev–Trinajstić information content (AvgIpc) is 2.40. The highest BCUT2D eigenvalue weighted by Gasteiger charge is 2.19. The van der Waals surface area contributed by atoms with Gasteiger partial charge >= 0.3 is 0 Å². The summed E-state index contributed by atoms with van der Waals surface area (Å²) in [6.07, 6.45) is 2.03. The van der Waals surface area contributed by atoms with Gasteiger partial charge in [-0.05, 0) is 47.0 Å². The van der Waals surface area contributed by atoms with E-state index in [1.807, 2.05) is 6.92 Å². The van der Waals surface area contributed by atoms with Crippen LogP contribution in [-0.2, 0) is 0 Å². The number of aliphatic hydroxyl groups excluding tert-OH is 1. The van der Waals surface area contributed by atoms with Crippen molar-refractivity contribution in [3.63, 3.8) is 0 Å². The normalized spacial score (nSPS) is 13.4. The van der Waals surface area contributed by atoms with Crippen LogP contribution in [0.5, 0.6) is 11.5 Å². The molecular formula is C14H23BrClNO3. The number of hydrogen-bond acceptors (Lipinski definition) is 4. The zero-order valence-corrected chi connectivity index (χ0v) is 14.2. The molecule has 0 radical (unpaired) electrons. The van der Waals surface area contributed by atoms with E-state index in [0.717, 1.165) is 18.4 Å². The van der Waals surface area contributed by atoms with Crippen molar-refractivity contribution in [3.8, 4) is 11.5 Å². The minimum absolute atomic E-state index is 0. The van der Waals surface area contributed by atoms with Crippen LogP contribution < -0.4 is 10.5 Å². The Morgan fingerprint density at radius 3 is 2.55 bits per heavy atom. The van der Waals surface area contributed by atoms with Crippen LogP contribution >= 0.6 is 28.3 Å². The van der Waals surface area contributed by atoms with E-state index < -0.39 is 12.1 Å². The van der Waals surface area contributed by atoms with E-state index in [9.17, 15) is 10.2 Å². The van der Waals surface area contributed by atoms with Gasteiger partial charge in [0.2, 0.25) is 0 Å². The lowest BCUT2D eigenvalue weighted by atomic mass is 9.98. The molecular weight excluding hydrogens is 346 g/mol. The zero-order valence-electron chi connectivity index (χ0n) is 11.8. The number of aliphatic hydroxyl groups is 1. The SMILES string of the molecule is CCCC[C@@H](O)[C@@H](N)c1cc(Br)c(O)c(OCC)c1.Cl. The number of phenols is 1. The van der Waals surface area contributed by atoms with Crippen molar-refractivity contribution in [1.29, 1.82) is 0 Å². The third kappa shape index (κ3) is 5.13. The van der Waals surface area contributed by atoms with Gasteiger partial charge in [0.15, 0.2) is 11.5 Å². The summed E-state index contributed by atoms with van der Waals surface area (Å²) in [6, 6.07) is 2.92. The highest BCUT2D eigenvalue weighted by Crippen LogP contribution is 2.37. The lowest BCUT2D eigenvalue weighted by Crippen LogP contribution is -2.26. The number of phenolic OH excluding ortho intramolecular Hbond substituents is 1. The Morgan fingerprint density at radius 2 is 2.00 bits per heavy atom. The fourth-order valence-electron chi connectivity index (χ4n) is 1.87. The van der Waals surface area contributed by atoms with Gasteiger partial charge in [-0.3, -0.25) is 0 Å². The van der Waals surface area contributed by atoms with Gasteiger partial charge < -0.3 is 20.7 Å². The van der Waals surface area contributed by atoms with Crippen molar-refractivity contribution >= 4 is 28.3 Å². The molecule has 4 nitrogen and oxygen atoms in total. The van der Waals surface area contributed by atoms with Gasteiger partial charge in [-0.2, -0.15) is 0 Å². The molecule has 20 heavy (non-hydrogen) atoms. The molecule has 0 aliphatic heterocycles. The molecule has 0 unspecified atom stereocenters. The predicted octanol–water partition coefficient (Wildman–Crippen LogP) is 3.53. The lowest BCUT2D eigenvalue weighted by molar-refractivity contribution is 0.132. The predicted molar refractivity (Wildman–Crippen MR) is 86.7 cm³/mol. The van der Waals surface area contributed by atoms with E-state index in [0.29, 0.717) is 23.2 Å². The zero-order chi connectivity index (χ0) is 14.4. The first-order valence-electron chi connectivity index (χ1n) is 6.60. The summed E-state index contributed by atoms with van der Waals surface area (Å²) >= 11 is 3.27. The Kier molecular flexibility index (Phi) is 9.22. The minimum atomic E-state index is -0.592. The fourth-order valence-corrected chi connectivity index (χ4v) is 2.33. The summed E-state index contributed by atoms with van der Waals surface area (Å²) < 4.78 is 5.87. The molecule has 0 saturated heterocycles. The van der Waals surface area contributed by atoms with Crippen LogP contribution in [0.1, 0.15) is 44.7 Å². The largest absolute Gasteiger partial charge is 0.503 e. The van der Waals surface area contributed by atoms with Crippen molar-refractivity contribution in [2.45, 2.75) is 45.3 Å². The van der Waals surface area contributed by atoms with E-state index in [4.69, 9.17) is 10.5 Å². The summed E-state index contributed by atoms with van der Waals surface area (Å²) in [5.74, 6) is 0.436. The van der Waals surface area contributed by atoms with Gasteiger partial charge in [0.1, 0.15) is 0 Å². The molecule has 1 aromatic rings. The molecule has 0 saturated carbocycles. The quantitative estimate of drug-likeness (QED) is 0.688. The Morgan fingerprint density at radius 1 is 1.35 bits per heavy atom. The standard InChI is InChI=1S/C14H22BrNO3.ClH/c1-3-5-6-11(17)13(16)9-7-10(15)14(18)12(8-9)19-4-2;/h7-8,11,13,17-18H,3-6,16H2,1-2H3;1H/t11-,13+;/m1./s1. The second-order valence-corrected chi connectivity index (χ2v) is 5.37. The number of nitrogens with two attached hydrogens (primary N) is 1. The molecule has 4 N–H and O–H groups in total. The van der Waals surface area contributed by atoms with Crippen molar-refractivity contribution in [2.75, 3.05) is 6.61 Å². The van der Waals surface area contributed by atoms with Crippen molar-refractivity contribution in [1.82, 2.24) is 0 Å². The number of ether oxygens (including phenoxy) is 1. The van der Waals surface area contributed by atoms with Gasteiger partial charge in [0, 0.05) is 0 Å². The Hall–Kier alpha value is -0.490. The van der Waals surface area contributed by atoms with E-state index >= 15 is 0 Å². The van der Waals surface area contributed by atoms with Crippen LogP contribution in [0.4, 0.5) is 0 Å². The molecule has 2 atom stereocenters. The molecule has 1 aromatic carbocycles. The van der Waals surface area contributed by atoms with E-state index in [1.54, 1.807) is 12.1 Å². The van der Waals surface area contributed by atoms with Gasteiger partial charge in [0.25, 0.3) is 0 Å². The highest BCUT2D eigenvalue weighted by molar-refractivity contribution is 9.10. The molecule has 0 aromatic heterocycles. The molecule has 0 aliphatic rings. The minimum Gasteiger partial charge on any atom is -0.503 e. The topological polar surface area (TPSA) is 75.7 Å². The third-order valence-electron chi connectivity index (χ3n) is 3.00. The van der Waals surface area contributed by atoms with Gasteiger partial charge in [-0.1, -0.05) is 19.8 Å². The second kappa shape index (κ2) is 9.45. The Bertz CT molecular complexity index is 418. The first-order valence-corrected chi connectivity index (χ1v) is 7.39. The molecule has 0 spiro atoms. The number of unbranched alkanes of at least 4 members (excludes halogenated alkanes) is 1. The van der Waals surface area contributed by atoms with Crippen molar-refractivity contribution in [2.24, 2.45) is 5.73 Å². The van der Waals surface area contributed by atoms with Crippen LogP contribution in [-0.4, -0.2) is 22.9 Å². The fraction of sp³-hybridized carbons (Fsp3) is 0.571. The molecule has 6 heteroatoms. The lowest BCUT2D eigenvalue weighted by Gasteiger charge is -2.20. The number of rotatable bonds is 7. The van der Waals surface area contributed by atoms with Crippen LogP contribution in [0.25, 0.3) is 0 Å². The summed E-state index contributed by atoms with van der Waals surface area (Å²) in [4.78, 5) is 0. The second-order valence-electron chi connectivity index (χ2n) is 4.52. The molecule has 0 aliphatic carbocycles. The Balaban J connectivity index is 0.00000361. The number of benzene rings is 1. The Labute approximate surface area is 134 Å². The van der Waals surface area contributed by atoms with E-state index in [1.165, 1.54) is 0 Å².